The van der Waals surface area contributed by atoms with Crippen molar-refractivity contribution in [3.63, 3.8) is 0 Å². The van der Waals surface area contributed by atoms with Gasteiger partial charge in [-0.25, -0.2) is 4.98 Å². The van der Waals surface area contributed by atoms with E-state index in [4.69, 9.17) is 4.98 Å². The van der Waals surface area contributed by atoms with E-state index in [0.717, 1.165) is 29.0 Å². The lowest BCUT2D eigenvalue weighted by Gasteiger charge is -2.30. The van der Waals surface area contributed by atoms with Crippen molar-refractivity contribution in [1.82, 2.24) is 14.5 Å². The number of thiophene rings is 1. The van der Waals surface area contributed by atoms with Gasteiger partial charge in [0.25, 0.3) is 5.56 Å². The highest BCUT2D eigenvalue weighted by Crippen LogP contribution is 2.25. The van der Waals surface area contributed by atoms with Crippen LogP contribution >= 0.6 is 11.3 Å². The highest BCUT2D eigenvalue weighted by Gasteiger charge is 2.26. The van der Waals surface area contributed by atoms with Gasteiger partial charge in [0.15, 0.2) is 0 Å². The molecule has 1 amide bonds. The summed E-state index contributed by atoms with van der Waals surface area (Å²) in [6.45, 7) is 6.72. The molecule has 0 spiro atoms. The van der Waals surface area contributed by atoms with Crippen LogP contribution in [0.25, 0.3) is 16.6 Å². The van der Waals surface area contributed by atoms with Crippen molar-refractivity contribution in [2.24, 2.45) is 0 Å². The number of aryl methyl sites for hydroxylation is 1. The van der Waals surface area contributed by atoms with Crippen LogP contribution in [0.5, 0.6) is 0 Å². The van der Waals surface area contributed by atoms with E-state index in [9.17, 15) is 9.59 Å². The third-order valence-corrected chi connectivity index (χ3v) is 6.76. The Morgan fingerprint density at radius 3 is 2.67 bits per heavy atom. The van der Waals surface area contributed by atoms with Crippen molar-refractivity contribution in [2.45, 2.75) is 46.1 Å². The Labute approximate surface area is 198 Å². The van der Waals surface area contributed by atoms with Gasteiger partial charge in [0.05, 0.1) is 29.1 Å². The third kappa shape index (κ3) is 4.91. The van der Waals surface area contributed by atoms with E-state index in [2.05, 4.69) is 6.92 Å². The van der Waals surface area contributed by atoms with E-state index >= 15 is 0 Å². The Morgan fingerprint density at radius 1 is 1.12 bits per heavy atom. The fraction of sp³-hybridized carbons (Fsp3) is 0.296. The molecule has 0 bridgehead atoms. The van der Waals surface area contributed by atoms with Crippen LogP contribution in [0.4, 0.5) is 0 Å². The minimum Gasteiger partial charge on any atom is -0.332 e. The molecule has 0 N–H and O–H groups in total. The standard InChI is InChI=1S/C27H29N3O2S/c1-4-5-15-29(25(31)18-22-12-9-16-33-22)20(3)26-28-24-14-7-6-13-23(24)27(32)30(26)21-11-8-10-19(2)17-21/h6-14,16-17,20H,4-5,15,18H2,1-3H3. The predicted octanol–water partition coefficient (Wildman–Crippen LogP) is 5.69. The molecule has 1 unspecified atom stereocenters. The molecule has 0 radical (unpaired) electrons. The van der Waals surface area contributed by atoms with E-state index in [1.807, 2.05) is 84.8 Å². The van der Waals surface area contributed by atoms with Gasteiger partial charge in [-0.2, -0.15) is 0 Å². The van der Waals surface area contributed by atoms with E-state index in [0.29, 0.717) is 29.7 Å². The highest BCUT2D eigenvalue weighted by molar-refractivity contribution is 7.10. The van der Waals surface area contributed by atoms with Crippen molar-refractivity contribution >= 4 is 28.1 Å². The quantitative estimate of drug-likeness (QED) is 0.340. The van der Waals surface area contributed by atoms with E-state index in [1.54, 1.807) is 15.9 Å². The molecule has 4 aromatic rings. The van der Waals surface area contributed by atoms with Crippen LogP contribution < -0.4 is 5.56 Å². The molecule has 6 heteroatoms. The van der Waals surface area contributed by atoms with Gasteiger partial charge in [0.1, 0.15) is 5.82 Å². The Kier molecular flexibility index (Phi) is 7.04. The van der Waals surface area contributed by atoms with Crippen molar-refractivity contribution in [3.05, 3.63) is 92.7 Å². The fourth-order valence-corrected chi connectivity index (χ4v) is 4.81. The summed E-state index contributed by atoms with van der Waals surface area (Å²) in [4.78, 5) is 34.9. The first-order valence-electron chi connectivity index (χ1n) is 11.4. The minimum atomic E-state index is -0.359. The van der Waals surface area contributed by atoms with Crippen LogP contribution in [-0.4, -0.2) is 26.9 Å². The number of benzene rings is 2. The van der Waals surface area contributed by atoms with Crippen LogP contribution in [0, 0.1) is 6.92 Å². The zero-order valence-electron chi connectivity index (χ0n) is 19.3. The minimum absolute atomic E-state index is 0.0524. The second kappa shape index (κ2) is 10.1. The lowest BCUT2D eigenvalue weighted by Crippen LogP contribution is -2.38. The molecule has 170 valence electrons. The largest absolute Gasteiger partial charge is 0.332 e. The number of carbonyl (C=O) groups excluding carboxylic acids is 1. The smallest absolute Gasteiger partial charge is 0.266 e. The third-order valence-electron chi connectivity index (χ3n) is 5.88. The summed E-state index contributed by atoms with van der Waals surface area (Å²) >= 11 is 1.59. The number of nitrogens with zero attached hydrogens (tertiary/aromatic N) is 3. The van der Waals surface area contributed by atoms with Gasteiger partial charge in [-0.15, -0.1) is 11.3 Å². The summed E-state index contributed by atoms with van der Waals surface area (Å²) in [7, 11) is 0. The Balaban J connectivity index is 1.85. The van der Waals surface area contributed by atoms with Crippen LogP contribution in [-0.2, 0) is 11.2 Å². The molecule has 2 aromatic carbocycles. The van der Waals surface area contributed by atoms with Crippen LogP contribution in [0.2, 0.25) is 0 Å². The molecule has 2 aromatic heterocycles. The van der Waals surface area contributed by atoms with Crippen molar-refractivity contribution < 1.29 is 4.79 Å². The maximum Gasteiger partial charge on any atom is 0.266 e. The molecule has 0 aliphatic carbocycles. The monoisotopic (exact) mass is 459 g/mol. The summed E-state index contributed by atoms with van der Waals surface area (Å²) < 4.78 is 1.68. The van der Waals surface area contributed by atoms with Crippen LogP contribution in [0.15, 0.2) is 70.8 Å². The van der Waals surface area contributed by atoms with Crippen LogP contribution in [0.3, 0.4) is 0 Å². The number of amides is 1. The second-order valence-corrected chi connectivity index (χ2v) is 9.37. The Hall–Kier alpha value is -3.25. The number of para-hydroxylation sites is 1. The van der Waals surface area contributed by atoms with Gasteiger partial charge < -0.3 is 4.90 Å². The van der Waals surface area contributed by atoms with Gasteiger partial charge >= 0.3 is 0 Å². The summed E-state index contributed by atoms with van der Waals surface area (Å²) in [6.07, 6.45) is 2.22. The number of carbonyl (C=O) groups is 1. The molecule has 4 rings (SSSR count). The zero-order chi connectivity index (χ0) is 23.4. The molecule has 0 fully saturated rings. The first kappa shape index (κ1) is 22.9. The maximum atomic E-state index is 13.6. The molecule has 2 heterocycles. The maximum absolute atomic E-state index is 13.6. The number of aromatic nitrogens is 2. The van der Waals surface area contributed by atoms with Gasteiger partial charge in [-0.1, -0.05) is 43.7 Å². The number of rotatable bonds is 8. The molecular formula is C27H29N3O2S. The summed E-state index contributed by atoms with van der Waals surface area (Å²) in [5, 5.41) is 2.56. The predicted molar refractivity (Wildman–Crippen MR) is 135 cm³/mol. The van der Waals surface area contributed by atoms with Gasteiger partial charge in [-0.05, 0) is 61.5 Å². The van der Waals surface area contributed by atoms with E-state index in [-0.39, 0.29) is 17.5 Å². The van der Waals surface area contributed by atoms with Crippen LogP contribution in [0.1, 0.15) is 49.0 Å². The first-order chi connectivity index (χ1) is 16.0. The second-order valence-electron chi connectivity index (χ2n) is 8.34. The normalized spacial score (nSPS) is 12.1. The lowest BCUT2D eigenvalue weighted by atomic mass is 10.1. The summed E-state index contributed by atoms with van der Waals surface area (Å²) in [5.74, 6) is 0.636. The van der Waals surface area contributed by atoms with Crippen molar-refractivity contribution in [3.8, 4) is 5.69 Å². The topological polar surface area (TPSA) is 55.2 Å². The number of hydrogen-bond donors (Lipinski definition) is 0. The highest BCUT2D eigenvalue weighted by atomic mass is 32.1. The van der Waals surface area contributed by atoms with E-state index in [1.165, 1.54) is 0 Å². The van der Waals surface area contributed by atoms with Gasteiger partial charge in [0, 0.05) is 11.4 Å². The average molecular weight is 460 g/mol. The van der Waals surface area contributed by atoms with Gasteiger partial charge in [0.2, 0.25) is 5.91 Å². The molecular weight excluding hydrogens is 430 g/mol. The zero-order valence-corrected chi connectivity index (χ0v) is 20.1. The molecule has 0 saturated heterocycles. The first-order valence-corrected chi connectivity index (χ1v) is 12.3. The fourth-order valence-electron chi connectivity index (χ4n) is 4.11. The SMILES string of the molecule is CCCCN(C(=O)Cc1cccs1)C(C)c1nc2ccccc2c(=O)n1-c1cccc(C)c1. The molecule has 33 heavy (non-hydrogen) atoms. The number of hydrogen-bond acceptors (Lipinski definition) is 4. The van der Waals surface area contributed by atoms with Crippen molar-refractivity contribution in [2.75, 3.05) is 6.54 Å². The molecule has 0 aliphatic heterocycles. The van der Waals surface area contributed by atoms with E-state index < -0.39 is 0 Å². The average Bonchev–Trinajstić information content (AvgIpc) is 3.32. The summed E-state index contributed by atoms with van der Waals surface area (Å²) in [5.41, 5.74) is 2.35. The molecule has 0 aliphatic rings. The number of unbranched alkanes of at least 4 members (excludes halogenated alkanes) is 1. The molecule has 0 saturated carbocycles. The van der Waals surface area contributed by atoms with Gasteiger partial charge in [-0.3, -0.25) is 14.2 Å². The Bertz CT molecular complexity index is 1310. The summed E-state index contributed by atoms with van der Waals surface area (Å²) in [6, 6.07) is 18.9. The lowest BCUT2D eigenvalue weighted by molar-refractivity contribution is -0.132. The Morgan fingerprint density at radius 2 is 1.94 bits per heavy atom. The van der Waals surface area contributed by atoms with Crippen molar-refractivity contribution in [1.29, 1.82) is 0 Å². The number of fused-ring (bicyclic) bond motifs is 1. The molecule has 5 nitrogen and oxygen atoms in total. The molecule has 1 atom stereocenters.